The van der Waals surface area contributed by atoms with E-state index in [1.165, 1.54) is 0 Å². The van der Waals surface area contributed by atoms with E-state index in [9.17, 15) is 14.4 Å². The van der Waals surface area contributed by atoms with E-state index in [0.717, 1.165) is 11.1 Å². The van der Waals surface area contributed by atoms with E-state index in [4.69, 9.17) is 14.9 Å². The highest BCUT2D eigenvalue weighted by Crippen LogP contribution is 2.15. The van der Waals surface area contributed by atoms with Crippen LogP contribution in [0.25, 0.3) is 0 Å². The van der Waals surface area contributed by atoms with E-state index in [-0.39, 0.29) is 6.61 Å². The van der Waals surface area contributed by atoms with Gasteiger partial charge in [-0.2, -0.15) is 0 Å². The molecular weight excluding hydrogens is 278 g/mol. The molecule has 0 heterocycles. The first kappa shape index (κ1) is 16.5. The molecule has 0 aliphatic rings. The Labute approximate surface area is 121 Å². The fraction of sp³-hybridized carbons (Fsp3) is 0.357. The molecule has 0 spiro atoms. The number of ether oxygens (including phenoxy) is 1. The van der Waals surface area contributed by atoms with Gasteiger partial charge in [0, 0.05) is 0 Å². The zero-order valence-corrected chi connectivity index (χ0v) is 11.8. The highest BCUT2D eigenvalue weighted by Gasteiger charge is 2.23. The van der Waals surface area contributed by atoms with Crippen LogP contribution in [0.1, 0.15) is 17.5 Å². The topological polar surface area (TPSA) is 113 Å². The molecule has 0 aliphatic heterocycles. The number of benzene rings is 1. The molecule has 1 aromatic carbocycles. The number of carbonyl (C=O) groups is 3. The lowest BCUT2D eigenvalue weighted by molar-refractivity contribution is -0.147. The van der Waals surface area contributed by atoms with E-state index in [1.807, 2.05) is 19.9 Å². The number of nitrogens with one attached hydrogen (secondary N) is 1. The molecule has 1 atom stereocenters. The summed E-state index contributed by atoms with van der Waals surface area (Å²) in [4.78, 5) is 32.9. The fourth-order valence-electron chi connectivity index (χ4n) is 1.78. The predicted molar refractivity (Wildman–Crippen MR) is 73.2 cm³/mol. The molecule has 7 heteroatoms. The van der Waals surface area contributed by atoms with E-state index in [0.29, 0.717) is 5.75 Å². The third kappa shape index (κ3) is 5.94. The molecule has 114 valence electrons. The van der Waals surface area contributed by atoms with Gasteiger partial charge in [0.1, 0.15) is 11.8 Å². The number of hydrogen-bond acceptors (Lipinski definition) is 4. The maximum atomic E-state index is 11.6. The molecule has 3 N–H and O–H groups in total. The summed E-state index contributed by atoms with van der Waals surface area (Å²) in [5, 5.41) is 19.5. The lowest BCUT2D eigenvalue weighted by Gasteiger charge is -2.13. The summed E-state index contributed by atoms with van der Waals surface area (Å²) in [5.74, 6) is -2.91. The molecule has 21 heavy (non-hydrogen) atoms. The van der Waals surface area contributed by atoms with Crippen molar-refractivity contribution in [3.8, 4) is 5.75 Å². The summed E-state index contributed by atoms with van der Waals surface area (Å²) in [6.07, 6.45) is -0.690. The van der Waals surface area contributed by atoms with Gasteiger partial charge in [0.2, 0.25) is 0 Å². The minimum atomic E-state index is -1.47. The summed E-state index contributed by atoms with van der Waals surface area (Å²) < 4.78 is 5.26. The van der Waals surface area contributed by atoms with Crippen LogP contribution in [0.15, 0.2) is 18.2 Å². The Bertz CT molecular complexity index is 534. The second kappa shape index (κ2) is 7.28. The van der Waals surface area contributed by atoms with Gasteiger partial charge in [-0.1, -0.05) is 6.07 Å². The molecular formula is C14H17NO6. The smallest absolute Gasteiger partial charge is 0.326 e. The summed E-state index contributed by atoms with van der Waals surface area (Å²) in [6.45, 7) is 3.38. The van der Waals surface area contributed by atoms with Crippen LogP contribution in [0.2, 0.25) is 0 Å². The quantitative estimate of drug-likeness (QED) is 0.683. The molecule has 1 unspecified atom stereocenters. The van der Waals surface area contributed by atoms with Gasteiger partial charge < -0.3 is 20.3 Å². The Hall–Kier alpha value is -2.57. The lowest BCUT2D eigenvalue weighted by Crippen LogP contribution is -2.44. The van der Waals surface area contributed by atoms with E-state index in [2.05, 4.69) is 5.32 Å². The number of amides is 1. The Morgan fingerprint density at radius 2 is 1.71 bits per heavy atom. The fourth-order valence-corrected chi connectivity index (χ4v) is 1.78. The third-order valence-electron chi connectivity index (χ3n) is 2.58. The van der Waals surface area contributed by atoms with E-state index >= 15 is 0 Å². The second-order valence-electron chi connectivity index (χ2n) is 4.67. The van der Waals surface area contributed by atoms with Crippen molar-refractivity contribution in [2.24, 2.45) is 0 Å². The average molecular weight is 295 g/mol. The Balaban J connectivity index is 2.56. The van der Waals surface area contributed by atoms with Gasteiger partial charge in [-0.25, -0.2) is 4.79 Å². The van der Waals surface area contributed by atoms with Crippen molar-refractivity contribution >= 4 is 17.8 Å². The van der Waals surface area contributed by atoms with Crippen LogP contribution >= 0.6 is 0 Å². The molecule has 7 nitrogen and oxygen atoms in total. The van der Waals surface area contributed by atoms with Crippen molar-refractivity contribution in [2.75, 3.05) is 6.61 Å². The van der Waals surface area contributed by atoms with Crippen LogP contribution in [-0.2, 0) is 14.4 Å². The van der Waals surface area contributed by atoms with Crippen molar-refractivity contribution < 1.29 is 29.3 Å². The first-order valence-corrected chi connectivity index (χ1v) is 6.23. The summed E-state index contributed by atoms with van der Waals surface area (Å²) in [7, 11) is 0. The van der Waals surface area contributed by atoms with Gasteiger partial charge in [0.15, 0.2) is 6.61 Å². The van der Waals surface area contributed by atoms with Crippen molar-refractivity contribution in [1.82, 2.24) is 5.32 Å². The average Bonchev–Trinajstić information content (AvgIpc) is 2.33. The van der Waals surface area contributed by atoms with Crippen LogP contribution in [0.3, 0.4) is 0 Å². The Morgan fingerprint density at radius 1 is 1.14 bits per heavy atom. The number of aryl methyl sites for hydroxylation is 2. The molecule has 0 bridgehead atoms. The molecule has 1 rings (SSSR count). The Kier molecular flexibility index (Phi) is 5.71. The van der Waals surface area contributed by atoms with Crippen molar-refractivity contribution in [1.29, 1.82) is 0 Å². The Morgan fingerprint density at radius 3 is 2.19 bits per heavy atom. The number of rotatable bonds is 7. The monoisotopic (exact) mass is 295 g/mol. The molecule has 0 fully saturated rings. The summed E-state index contributed by atoms with van der Waals surface area (Å²) in [5.41, 5.74) is 1.94. The highest BCUT2D eigenvalue weighted by atomic mass is 16.5. The number of carbonyl (C=O) groups excluding carboxylic acids is 1. The zero-order chi connectivity index (χ0) is 16.0. The SMILES string of the molecule is Cc1cc(C)cc(OCC(=O)NC(CC(=O)O)C(=O)O)c1. The molecule has 0 saturated carbocycles. The van der Waals surface area contributed by atoms with E-state index < -0.39 is 30.3 Å². The van der Waals surface area contributed by atoms with Crippen LogP contribution in [-0.4, -0.2) is 40.7 Å². The van der Waals surface area contributed by atoms with Crippen LogP contribution in [0, 0.1) is 13.8 Å². The molecule has 1 aromatic rings. The second-order valence-corrected chi connectivity index (χ2v) is 4.67. The number of aliphatic carboxylic acids is 2. The molecule has 0 aromatic heterocycles. The van der Waals surface area contributed by atoms with Crippen molar-refractivity contribution in [2.45, 2.75) is 26.3 Å². The highest BCUT2D eigenvalue weighted by molar-refractivity contribution is 5.87. The maximum Gasteiger partial charge on any atom is 0.326 e. The first-order chi connectivity index (χ1) is 9.77. The standard InChI is InChI=1S/C14H17NO6/c1-8-3-9(2)5-10(4-8)21-7-12(16)15-11(14(19)20)6-13(17)18/h3-5,11H,6-7H2,1-2H3,(H,15,16)(H,17,18)(H,19,20). The first-order valence-electron chi connectivity index (χ1n) is 6.23. The molecule has 0 radical (unpaired) electrons. The number of hydrogen-bond donors (Lipinski definition) is 3. The van der Waals surface area contributed by atoms with Gasteiger partial charge in [-0.05, 0) is 37.1 Å². The van der Waals surface area contributed by atoms with Gasteiger partial charge in [0.25, 0.3) is 5.91 Å². The molecule has 0 aliphatic carbocycles. The minimum Gasteiger partial charge on any atom is -0.484 e. The summed E-state index contributed by atoms with van der Waals surface area (Å²) in [6, 6.07) is 3.96. The van der Waals surface area contributed by atoms with Gasteiger partial charge >= 0.3 is 11.9 Å². The van der Waals surface area contributed by atoms with Gasteiger partial charge in [0.05, 0.1) is 6.42 Å². The number of carboxylic acids is 2. The van der Waals surface area contributed by atoms with Crippen molar-refractivity contribution in [3.05, 3.63) is 29.3 Å². The van der Waals surface area contributed by atoms with Gasteiger partial charge in [-0.15, -0.1) is 0 Å². The largest absolute Gasteiger partial charge is 0.484 e. The van der Waals surface area contributed by atoms with Crippen LogP contribution < -0.4 is 10.1 Å². The lowest BCUT2D eigenvalue weighted by atomic mass is 10.1. The van der Waals surface area contributed by atoms with Crippen molar-refractivity contribution in [3.63, 3.8) is 0 Å². The molecule has 1 amide bonds. The third-order valence-corrected chi connectivity index (χ3v) is 2.58. The van der Waals surface area contributed by atoms with Crippen LogP contribution in [0.4, 0.5) is 0 Å². The maximum absolute atomic E-state index is 11.6. The van der Waals surface area contributed by atoms with E-state index in [1.54, 1.807) is 12.1 Å². The molecule has 0 saturated heterocycles. The summed E-state index contributed by atoms with van der Waals surface area (Å²) >= 11 is 0. The normalized spacial score (nSPS) is 11.5. The van der Waals surface area contributed by atoms with Crippen LogP contribution in [0.5, 0.6) is 5.75 Å². The zero-order valence-electron chi connectivity index (χ0n) is 11.8. The number of carboxylic acid groups (broad SMARTS) is 2. The minimum absolute atomic E-state index is 0.383. The predicted octanol–water partition coefficient (Wildman–Crippen LogP) is 0.726. The van der Waals surface area contributed by atoms with Gasteiger partial charge in [-0.3, -0.25) is 9.59 Å².